The van der Waals surface area contributed by atoms with Gasteiger partial charge in [0.15, 0.2) is 17.5 Å². The number of carbonyl (C=O) groups excluding carboxylic acids is 1. The maximum Gasteiger partial charge on any atom is 0.236 e. The summed E-state index contributed by atoms with van der Waals surface area (Å²) in [7, 11) is 0. The van der Waals surface area contributed by atoms with Gasteiger partial charge in [0.2, 0.25) is 5.91 Å². The molecule has 2 N–H and O–H groups in total. The lowest BCUT2D eigenvalue weighted by atomic mass is 10.1. The van der Waals surface area contributed by atoms with E-state index in [0.29, 0.717) is 18.7 Å². The molecule has 0 spiro atoms. The van der Waals surface area contributed by atoms with Gasteiger partial charge in [-0.1, -0.05) is 6.07 Å². The number of benzene rings is 1. The molecule has 9 heteroatoms. The van der Waals surface area contributed by atoms with Crippen molar-refractivity contribution in [2.45, 2.75) is 32.7 Å². The number of aromatic hydroxyl groups is 1. The van der Waals surface area contributed by atoms with Crippen LogP contribution in [0.15, 0.2) is 23.2 Å². The van der Waals surface area contributed by atoms with Gasteiger partial charge in [-0.2, -0.15) is 0 Å². The first kappa shape index (κ1) is 24.6. The minimum atomic E-state index is -0.630. The smallest absolute Gasteiger partial charge is 0.236 e. The van der Waals surface area contributed by atoms with Gasteiger partial charge in [-0.15, -0.1) is 24.0 Å². The molecule has 2 aliphatic heterocycles. The number of phenolic OH excluding ortho intramolecular Hbond substituents is 1. The molecule has 30 heavy (non-hydrogen) atoms. The van der Waals surface area contributed by atoms with Gasteiger partial charge in [-0.25, -0.2) is 9.38 Å². The lowest BCUT2D eigenvalue weighted by Crippen LogP contribution is -2.54. The van der Waals surface area contributed by atoms with Crippen LogP contribution in [0.2, 0.25) is 0 Å². The number of amides is 1. The van der Waals surface area contributed by atoms with E-state index in [1.807, 2.05) is 11.8 Å². The molecule has 0 bridgehead atoms. The monoisotopic (exact) mass is 533 g/mol. The zero-order valence-electron chi connectivity index (χ0n) is 17.6. The van der Waals surface area contributed by atoms with Crippen LogP contribution in [-0.2, 0) is 11.3 Å². The quantitative estimate of drug-likeness (QED) is 0.345. The summed E-state index contributed by atoms with van der Waals surface area (Å²) in [6.45, 7) is 8.62. The molecule has 0 atom stereocenters. The number of nitrogens with one attached hydrogen (secondary N) is 1. The van der Waals surface area contributed by atoms with E-state index in [-0.39, 0.29) is 35.6 Å². The third-order valence-electron chi connectivity index (χ3n) is 5.50. The Morgan fingerprint density at radius 1 is 1.10 bits per heavy atom. The second-order valence-corrected chi connectivity index (χ2v) is 7.66. The molecule has 0 aliphatic carbocycles. The van der Waals surface area contributed by atoms with Gasteiger partial charge in [0.05, 0.1) is 13.1 Å². The van der Waals surface area contributed by atoms with Gasteiger partial charge in [0, 0.05) is 45.8 Å². The Bertz CT molecular complexity index is 719. The minimum Gasteiger partial charge on any atom is -0.505 e. The van der Waals surface area contributed by atoms with Gasteiger partial charge in [0.25, 0.3) is 0 Å². The number of piperazine rings is 1. The van der Waals surface area contributed by atoms with Gasteiger partial charge < -0.3 is 20.2 Å². The average molecular weight is 533 g/mol. The largest absolute Gasteiger partial charge is 0.505 e. The summed E-state index contributed by atoms with van der Waals surface area (Å²) >= 11 is 0. The first-order chi connectivity index (χ1) is 14.1. The molecule has 0 saturated carbocycles. The van der Waals surface area contributed by atoms with Gasteiger partial charge in [-0.3, -0.25) is 9.69 Å². The summed E-state index contributed by atoms with van der Waals surface area (Å²) in [5, 5.41) is 12.6. The summed E-state index contributed by atoms with van der Waals surface area (Å²) in [4.78, 5) is 23.5. The molecular formula is C21H33FIN5O2. The molecule has 3 rings (SSSR count). The van der Waals surface area contributed by atoms with E-state index in [4.69, 9.17) is 0 Å². The average Bonchev–Trinajstić information content (AvgIpc) is 2.75. The van der Waals surface area contributed by atoms with Crippen LogP contribution in [-0.4, -0.2) is 84.0 Å². The number of guanidine groups is 1. The van der Waals surface area contributed by atoms with Crippen molar-refractivity contribution in [3.8, 4) is 5.75 Å². The molecule has 0 aromatic heterocycles. The van der Waals surface area contributed by atoms with Crippen molar-refractivity contribution in [2.75, 3.05) is 52.4 Å². The van der Waals surface area contributed by atoms with Crippen molar-refractivity contribution < 1.29 is 14.3 Å². The number of phenols is 1. The van der Waals surface area contributed by atoms with Crippen molar-refractivity contribution in [3.05, 3.63) is 29.6 Å². The van der Waals surface area contributed by atoms with Crippen molar-refractivity contribution in [3.63, 3.8) is 0 Å². The van der Waals surface area contributed by atoms with Crippen molar-refractivity contribution in [1.29, 1.82) is 0 Å². The highest BCUT2D eigenvalue weighted by atomic mass is 127. The zero-order chi connectivity index (χ0) is 20.6. The topological polar surface area (TPSA) is 71.4 Å². The highest BCUT2D eigenvalue weighted by molar-refractivity contribution is 14.0. The number of halogens is 2. The van der Waals surface area contributed by atoms with Crippen molar-refractivity contribution in [1.82, 2.24) is 20.0 Å². The van der Waals surface area contributed by atoms with E-state index in [0.717, 1.165) is 64.6 Å². The van der Waals surface area contributed by atoms with E-state index in [2.05, 4.69) is 20.1 Å². The summed E-state index contributed by atoms with van der Waals surface area (Å²) in [5.41, 5.74) is 0.710. The Morgan fingerprint density at radius 2 is 1.80 bits per heavy atom. The minimum absolute atomic E-state index is 0. The summed E-state index contributed by atoms with van der Waals surface area (Å²) in [6, 6.07) is 4.34. The highest BCUT2D eigenvalue weighted by Gasteiger charge is 2.24. The first-order valence-corrected chi connectivity index (χ1v) is 10.6. The standard InChI is InChI=1S/C21H32FN5O2.HI/c1-2-23-21(24-15-17-6-7-19(28)18(22)14-17)27-12-10-25(11-13-27)16-20(29)26-8-4-3-5-9-26;/h6-7,14,28H,2-5,8-13,15-16H2,1H3,(H,23,24);1H. The lowest BCUT2D eigenvalue weighted by molar-refractivity contribution is -0.133. The Labute approximate surface area is 195 Å². The number of piperidine rings is 1. The molecule has 1 aromatic carbocycles. The van der Waals surface area contributed by atoms with Crippen molar-refractivity contribution in [2.24, 2.45) is 4.99 Å². The van der Waals surface area contributed by atoms with Crippen LogP contribution in [0.3, 0.4) is 0 Å². The first-order valence-electron chi connectivity index (χ1n) is 10.6. The molecule has 168 valence electrons. The maximum atomic E-state index is 13.5. The second-order valence-electron chi connectivity index (χ2n) is 7.66. The number of nitrogens with zero attached hydrogens (tertiary/aromatic N) is 4. The van der Waals surface area contributed by atoms with Crippen LogP contribution in [0.25, 0.3) is 0 Å². The fourth-order valence-electron chi connectivity index (χ4n) is 3.79. The number of aliphatic imine (C=N–C) groups is 1. The Morgan fingerprint density at radius 3 is 2.43 bits per heavy atom. The Kier molecular flexibility index (Phi) is 10.1. The molecule has 2 fully saturated rings. The van der Waals surface area contributed by atoms with Crippen LogP contribution < -0.4 is 5.32 Å². The van der Waals surface area contributed by atoms with E-state index in [9.17, 15) is 14.3 Å². The third-order valence-corrected chi connectivity index (χ3v) is 5.50. The normalized spacial score (nSPS) is 18.1. The summed E-state index contributed by atoms with van der Waals surface area (Å²) in [6.07, 6.45) is 3.46. The number of rotatable bonds is 5. The van der Waals surface area contributed by atoms with Crippen LogP contribution in [0, 0.1) is 5.82 Å². The molecule has 2 aliphatic rings. The van der Waals surface area contributed by atoms with E-state index < -0.39 is 5.82 Å². The Hall–Kier alpha value is -1.62. The zero-order valence-corrected chi connectivity index (χ0v) is 20.0. The van der Waals surface area contributed by atoms with Gasteiger partial charge >= 0.3 is 0 Å². The number of hydrogen-bond acceptors (Lipinski definition) is 4. The van der Waals surface area contributed by atoms with Crippen LogP contribution >= 0.6 is 24.0 Å². The molecule has 0 radical (unpaired) electrons. The van der Waals surface area contributed by atoms with Gasteiger partial charge in [-0.05, 0) is 43.9 Å². The molecule has 2 heterocycles. The lowest BCUT2D eigenvalue weighted by Gasteiger charge is -2.37. The molecular weight excluding hydrogens is 500 g/mol. The molecule has 0 unspecified atom stereocenters. The third kappa shape index (κ3) is 6.97. The van der Waals surface area contributed by atoms with Crippen LogP contribution in [0.4, 0.5) is 4.39 Å². The number of carbonyl (C=O) groups is 1. The van der Waals surface area contributed by atoms with E-state index in [1.165, 1.54) is 18.6 Å². The van der Waals surface area contributed by atoms with Crippen LogP contribution in [0.1, 0.15) is 31.7 Å². The van der Waals surface area contributed by atoms with Gasteiger partial charge in [0.1, 0.15) is 0 Å². The molecule has 2 saturated heterocycles. The Balaban J connectivity index is 0.00000320. The fourth-order valence-corrected chi connectivity index (χ4v) is 3.79. The van der Waals surface area contributed by atoms with E-state index >= 15 is 0 Å². The predicted molar refractivity (Wildman–Crippen MR) is 127 cm³/mol. The molecule has 1 aromatic rings. The highest BCUT2D eigenvalue weighted by Crippen LogP contribution is 2.17. The predicted octanol–water partition coefficient (Wildman–Crippen LogP) is 2.24. The molecule has 1 amide bonds. The number of likely N-dealkylation sites (tertiary alicyclic amines) is 1. The second kappa shape index (κ2) is 12.3. The van der Waals surface area contributed by atoms with E-state index in [1.54, 1.807) is 6.07 Å². The maximum absolute atomic E-state index is 13.5. The fraction of sp³-hybridized carbons (Fsp3) is 0.619. The summed E-state index contributed by atoms with van der Waals surface area (Å²) in [5.74, 6) is 0.0608. The summed E-state index contributed by atoms with van der Waals surface area (Å²) < 4.78 is 13.5. The number of hydrogen-bond donors (Lipinski definition) is 2. The molecule has 7 nitrogen and oxygen atoms in total. The van der Waals surface area contributed by atoms with Crippen LogP contribution in [0.5, 0.6) is 5.75 Å². The van der Waals surface area contributed by atoms with Crippen molar-refractivity contribution >= 4 is 35.8 Å². The SMILES string of the molecule is CCNC(=NCc1ccc(O)c(F)c1)N1CCN(CC(=O)N2CCCCC2)CC1.I.